The molecule has 33 heavy (non-hydrogen) atoms. The van der Waals surface area contributed by atoms with Crippen molar-refractivity contribution in [1.29, 1.82) is 0 Å². The minimum absolute atomic E-state index is 0.147. The molecule has 0 unspecified atom stereocenters. The monoisotopic (exact) mass is 501 g/mol. The number of ether oxygens (including phenoxy) is 1. The van der Waals surface area contributed by atoms with Gasteiger partial charge >= 0.3 is 5.97 Å². The number of H-pyrrole nitrogens is 1. The number of anilines is 1. The van der Waals surface area contributed by atoms with Crippen LogP contribution in [0.1, 0.15) is 43.6 Å². The molecule has 5 rings (SSSR count). The van der Waals surface area contributed by atoms with Gasteiger partial charge in [-0.15, -0.1) is 0 Å². The zero-order valence-corrected chi connectivity index (χ0v) is 19.6. The molecule has 0 bridgehead atoms. The molecule has 164 valence electrons. The molecule has 0 radical (unpaired) electrons. The van der Waals surface area contributed by atoms with Crippen LogP contribution in [0, 0.1) is 6.92 Å². The number of methoxy groups -OCH3 is 1. The second kappa shape index (κ2) is 8.33. The van der Waals surface area contributed by atoms with Crippen LogP contribution in [0.15, 0.2) is 77.3 Å². The fourth-order valence-corrected chi connectivity index (χ4v) is 4.45. The summed E-state index contributed by atoms with van der Waals surface area (Å²) in [6.07, 6.45) is 0. The molecule has 1 N–H and O–H groups in total. The molecule has 1 aromatic heterocycles. The molecule has 6 nitrogen and oxygen atoms in total. The number of benzene rings is 3. The summed E-state index contributed by atoms with van der Waals surface area (Å²) in [4.78, 5) is 27.3. The molecule has 1 amide bonds. The van der Waals surface area contributed by atoms with Crippen LogP contribution in [0.25, 0.3) is 11.3 Å². The minimum Gasteiger partial charge on any atom is -0.465 e. The molecular formula is C26H20BrN3O3. The highest BCUT2D eigenvalue weighted by atomic mass is 79.9. The van der Waals surface area contributed by atoms with Crippen molar-refractivity contribution in [2.45, 2.75) is 13.0 Å². The lowest BCUT2D eigenvalue weighted by atomic mass is 9.95. The number of rotatable bonds is 4. The van der Waals surface area contributed by atoms with Crippen molar-refractivity contribution in [1.82, 2.24) is 10.2 Å². The number of carbonyl (C=O) groups is 2. The smallest absolute Gasteiger partial charge is 0.337 e. The van der Waals surface area contributed by atoms with E-state index in [1.807, 2.05) is 67.6 Å². The Kier molecular flexibility index (Phi) is 5.34. The largest absolute Gasteiger partial charge is 0.465 e. The van der Waals surface area contributed by atoms with Gasteiger partial charge in [0.15, 0.2) is 0 Å². The van der Waals surface area contributed by atoms with E-state index in [-0.39, 0.29) is 5.91 Å². The molecule has 0 fully saturated rings. The van der Waals surface area contributed by atoms with Crippen LogP contribution in [0.2, 0.25) is 0 Å². The van der Waals surface area contributed by atoms with Crippen molar-refractivity contribution in [3.63, 3.8) is 0 Å². The summed E-state index contributed by atoms with van der Waals surface area (Å²) < 4.78 is 5.79. The maximum absolute atomic E-state index is 13.6. The van der Waals surface area contributed by atoms with Crippen molar-refractivity contribution < 1.29 is 14.3 Å². The van der Waals surface area contributed by atoms with Gasteiger partial charge in [0.1, 0.15) is 5.69 Å². The number of hydrogen-bond acceptors (Lipinski definition) is 4. The molecule has 2 heterocycles. The van der Waals surface area contributed by atoms with Crippen LogP contribution in [-0.2, 0) is 4.74 Å². The lowest BCUT2D eigenvalue weighted by molar-refractivity contribution is 0.0600. The Morgan fingerprint density at radius 3 is 2.30 bits per heavy atom. The average molecular weight is 502 g/mol. The summed E-state index contributed by atoms with van der Waals surface area (Å²) >= 11 is 3.47. The van der Waals surface area contributed by atoms with E-state index in [9.17, 15) is 9.59 Å². The standard InChI is InChI=1S/C26H20BrN3O3/c1-15-3-13-20(14-4-15)30-24(17-5-7-18(8-6-17)26(32)33-2)21-22(28-29-23(21)25(30)31)16-9-11-19(27)12-10-16/h3-14,24H,1-2H3,(H,28,29)/t24-/m0/s1. The quantitative estimate of drug-likeness (QED) is 0.364. The number of fused-ring (bicyclic) bond motifs is 1. The van der Waals surface area contributed by atoms with E-state index in [0.717, 1.165) is 38.1 Å². The van der Waals surface area contributed by atoms with Gasteiger partial charge < -0.3 is 4.74 Å². The van der Waals surface area contributed by atoms with Gasteiger partial charge in [-0.1, -0.05) is 57.9 Å². The van der Waals surface area contributed by atoms with E-state index < -0.39 is 12.0 Å². The van der Waals surface area contributed by atoms with E-state index in [1.165, 1.54) is 7.11 Å². The van der Waals surface area contributed by atoms with Gasteiger partial charge in [-0.05, 0) is 48.9 Å². The topological polar surface area (TPSA) is 75.3 Å². The highest BCUT2D eigenvalue weighted by molar-refractivity contribution is 9.10. The summed E-state index contributed by atoms with van der Waals surface area (Å²) in [5.74, 6) is -0.550. The number of nitrogens with zero attached hydrogens (tertiary/aromatic N) is 2. The Balaban J connectivity index is 1.68. The fraction of sp³-hybridized carbons (Fsp3) is 0.115. The van der Waals surface area contributed by atoms with Crippen LogP contribution in [0.4, 0.5) is 5.69 Å². The number of aromatic nitrogens is 2. The summed E-state index contributed by atoms with van der Waals surface area (Å²) in [7, 11) is 1.35. The highest BCUT2D eigenvalue weighted by Crippen LogP contribution is 2.45. The molecule has 0 saturated carbocycles. The summed E-state index contributed by atoms with van der Waals surface area (Å²) in [6, 6.07) is 22.5. The van der Waals surface area contributed by atoms with Crippen LogP contribution in [0.5, 0.6) is 0 Å². The Hall–Kier alpha value is -3.71. The Morgan fingerprint density at radius 2 is 1.67 bits per heavy atom. The second-order valence-corrected chi connectivity index (χ2v) is 8.81. The van der Waals surface area contributed by atoms with Gasteiger partial charge in [0, 0.05) is 21.3 Å². The molecule has 1 aliphatic heterocycles. The first-order chi connectivity index (χ1) is 16.0. The second-order valence-electron chi connectivity index (χ2n) is 7.89. The number of aromatic amines is 1. The van der Waals surface area contributed by atoms with E-state index in [4.69, 9.17) is 4.74 Å². The van der Waals surface area contributed by atoms with Crippen LogP contribution < -0.4 is 4.90 Å². The van der Waals surface area contributed by atoms with E-state index >= 15 is 0 Å². The Labute approximate surface area is 199 Å². The van der Waals surface area contributed by atoms with Crippen LogP contribution >= 0.6 is 15.9 Å². The zero-order chi connectivity index (χ0) is 23.1. The molecular weight excluding hydrogens is 482 g/mol. The van der Waals surface area contributed by atoms with Crippen LogP contribution in [-0.4, -0.2) is 29.2 Å². The third-order valence-electron chi connectivity index (χ3n) is 5.85. The van der Waals surface area contributed by atoms with Gasteiger partial charge in [-0.25, -0.2) is 4.79 Å². The molecule has 7 heteroatoms. The molecule has 1 aliphatic rings. The molecule has 0 aliphatic carbocycles. The van der Waals surface area contributed by atoms with Crippen molar-refractivity contribution >= 4 is 33.5 Å². The van der Waals surface area contributed by atoms with Gasteiger partial charge in [0.05, 0.1) is 24.4 Å². The Bertz CT molecular complexity index is 1340. The number of halogens is 1. The maximum atomic E-state index is 13.6. The van der Waals surface area contributed by atoms with Gasteiger partial charge in [-0.3, -0.25) is 14.8 Å². The number of hydrogen-bond donors (Lipinski definition) is 1. The summed E-state index contributed by atoms with van der Waals surface area (Å²) in [5.41, 5.74) is 6.14. The summed E-state index contributed by atoms with van der Waals surface area (Å²) in [5, 5.41) is 7.47. The first-order valence-corrected chi connectivity index (χ1v) is 11.2. The normalized spacial score (nSPS) is 14.9. The fourth-order valence-electron chi connectivity index (χ4n) is 4.18. The maximum Gasteiger partial charge on any atom is 0.337 e. The molecule has 3 aromatic carbocycles. The van der Waals surface area contributed by atoms with Crippen molar-refractivity contribution in [2.24, 2.45) is 0 Å². The predicted molar refractivity (Wildman–Crippen MR) is 129 cm³/mol. The lowest BCUT2D eigenvalue weighted by Gasteiger charge is -2.26. The SMILES string of the molecule is COC(=O)c1ccc([C@H]2c3c(-c4ccc(Br)cc4)n[nH]c3C(=O)N2c2ccc(C)cc2)cc1. The first-order valence-electron chi connectivity index (χ1n) is 10.4. The van der Waals surface area contributed by atoms with Crippen molar-refractivity contribution in [3.05, 3.63) is 105 Å². The number of aryl methyl sites for hydroxylation is 1. The van der Waals surface area contributed by atoms with E-state index in [2.05, 4.69) is 26.1 Å². The minimum atomic E-state index is -0.404. The number of carbonyl (C=O) groups excluding carboxylic acids is 2. The van der Waals surface area contributed by atoms with Crippen molar-refractivity contribution in [3.8, 4) is 11.3 Å². The molecule has 4 aromatic rings. The van der Waals surface area contributed by atoms with Gasteiger partial charge in [0.2, 0.25) is 0 Å². The van der Waals surface area contributed by atoms with Gasteiger partial charge in [0.25, 0.3) is 5.91 Å². The number of amides is 1. The zero-order valence-electron chi connectivity index (χ0n) is 18.0. The third kappa shape index (κ3) is 3.64. The van der Waals surface area contributed by atoms with Gasteiger partial charge in [-0.2, -0.15) is 5.10 Å². The number of esters is 1. The first kappa shape index (κ1) is 21.2. The van der Waals surface area contributed by atoms with Crippen molar-refractivity contribution in [2.75, 3.05) is 12.0 Å². The predicted octanol–water partition coefficient (Wildman–Crippen LogP) is 5.68. The highest BCUT2D eigenvalue weighted by Gasteiger charge is 2.43. The third-order valence-corrected chi connectivity index (χ3v) is 6.37. The van der Waals surface area contributed by atoms with Crippen LogP contribution in [0.3, 0.4) is 0 Å². The lowest BCUT2D eigenvalue weighted by Crippen LogP contribution is -2.29. The summed E-state index contributed by atoms with van der Waals surface area (Å²) in [6.45, 7) is 2.01. The Morgan fingerprint density at radius 1 is 1.00 bits per heavy atom. The molecule has 0 spiro atoms. The average Bonchev–Trinajstić information content (AvgIpc) is 3.39. The number of nitrogens with one attached hydrogen (secondary N) is 1. The van der Waals surface area contributed by atoms with E-state index in [1.54, 1.807) is 17.0 Å². The molecule has 1 atom stereocenters. The molecule has 0 saturated heterocycles. The van der Waals surface area contributed by atoms with E-state index in [0.29, 0.717) is 11.3 Å².